The highest BCUT2D eigenvalue weighted by Gasteiger charge is 2.32. The monoisotopic (exact) mass is 260 g/mol. The molecular formula is C12H15F3N2O. The first-order valence-electron chi connectivity index (χ1n) is 5.86. The second kappa shape index (κ2) is 5.14. The summed E-state index contributed by atoms with van der Waals surface area (Å²) in [7, 11) is 0. The topological polar surface area (TPSA) is 34.1 Å². The van der Waals surface area contributed by atoms with E-state index in [4.69, 9.17) is 4.74 Å². The highest BCUT2D eigenvalue weighted by Crippen LogP contribution is 2.28. The first kappa shape index (κ1) is 13.1. The van der Waals surface area contributed by atoms with E-state index in [0.29, 0.717) is 19.1 Å². The third-order valence-electron chi connectivity index (χ3n) is 3.12. The third-order valence-corrected chi connectivity index (χ3v) is 3.12. The average molecular weight is 260 g/mol. The van der Waals surface area contributed by atoms with E-state index in [1.807, 2.05) is 6.92 Å². The molecule has 1 aromatic heterocycles. The Hall–Kier alpha value is -1.30. The maximum absolute atomic E-state index is 12.5. The van der Waals surface area contributed by atoms with Gasteiger partial charge in [0.15, 0.2) is 0 Å². The van der Waals surface area contributed by atoms with Crippen LogP contribution in [0.4, 0.5) is 19.0 Å². The lowest BCUT2D eigenvalue weighted by Gasteiger charge is -2.15. The van der Waals surface area contributed by atoms with Gasteiger partial charge in [0.25, 0.3) is 0 Å². The SMILES string of the molecule is CC1OCCC1CNc1cccc(C(F)(F)F)n1. The summed E-state index contributed by atoms with van der Waals surface area (Å²) in [4.78, 5) is 3.55. The smallest absolute Gasteiger partial charge is 0.378 e. The molecule has 2 heterocycles. The van der Waals surface area contributed by atoms with E-state index in [-0.39, 0.29) is 11.9 Å². The summed E-state index contributed by atoms with van der Waals surface area (Å²) >= 11 is 0. The Labute approximate surface area is 103 Å². The van der Waals surface area contributed by atoms with E-state index < -0.39 is 11.9 Å². The zero-order valence-electron chi connectivity index (χ0n) is 10.00. The van der Waals surface area contributed by atoms with Crippen LogP contribution in [-0.4, -0.2) is 24.2 Å². The Bertz CT molecular complexity index is 409. The quantitative estimate of drug-likeness (QED) is 0.907. The van der Waals surface area contributed by atoms with Gasteiger partial charge in [0.05, 0.1) is 6.10 Å². The van der Waals surface area contributed by atoms with E-state index >= 15 is 0 Å². The molecule has 1 saturated heterocycles. The van der Waals surface area contributed by atoms with E-state index in [0.717, 1.165) is 12.5 Å². The highest BCUT2D eigenvalue weighted by atomic mass is 19.4. The van der Waals surface area contributed by atoms with Crippen molar-refractivity contribution in [2.45, 2.75) is 25.6 Å². The fraction of sp³-hybridized carbons (Fsp3) is 0.583. The molecule has 0 aromatic carbocycles. The van der Waals surface area contributed by atoms with Gasteiger partial charge in [-0.1, -0.05) is 6.07 Å². The lowest BCUT2D eigenvalue weighted by molar-refractivity contribution is -0.141. The van der Waals surface area contributed by atoms with Crippen molar-refractivity contribution in [1.82, 2.24) is 4.98 Å². The summed E-state index contributed by atoms with van der Waals surface area (Å²) in [6.07, 6.45) is -3.34. The number of alkyl halides is 3. The number of pyridine rings is 1. The number of halogens is 3. The number of rotatable bonds is 3. The van der Waals surface area contributed by atoms with Crippen molar-refractivity contribution < 1.29 is 17.9 Å². The number of aromatic nitrogens is 1. The molecule has 2 rings (SSSR count). The molecular weight excluding hydrogens is 245 g/mol. The number of nitrogens with zero attached hydrogens (tertiary/aromatic N) is 1. The largest absolute Gasteiger partial charge is 0.433 e. The second-order valence-electron chi connectivity index (χ2n) is 4.41. The average Bonchev–Trinajstić information content (AvgIpc) is 2.72. The standard InChI is InChI=1S/C12H15F3N2O/c1-8-9(5-6-18-8)7-16-11-4-2-3-10(17-11)12(13,14)15/h2-4,8-9H,5-7H2,1H3,(H,16,17). The van der Waals surface area contributed by atoms with Gasteiger partial charge in [-0.2, -0.15) is 13.2 Å². The van der Waals surface area contributed by atoms with Crippen LogP contribution in [0.2, 0.25) is 0 Å². The third kappa shape index (κ3) is 3.13. The van der Waals surface area contributed by atoms with Gasteiger partial charge in [0.2, 0.25) is 0 Å². The van der Waals surface area contributed by atoms with E-state index in [9.17, 15) is 13.2 Å². The summed E-state index contributed by atoms with van der Waals surface area (Å²) in [5.41, 5.74) is -0.872. The van der Waals surface area contributed by atoms with Gasteiger partial charge in [0, 0.05) is 19.1 Å². The van der Waals surface area contributed by atoms with Crippen LogP contribution in [0.15, 0.2) is 18.2 Å². The molecule has 6 heteroatoms. The van der Waals surface area contributed by atoms with Crippen molar-refractivity contribution in [3.8, 4) is 0 Å². The predicted molar refractivity (Wildman–Crippen MR) is 61.2 cm³/mol. The molecule has 1 N–H and O–H groups in total. The molecule has 0 radical (unpaired) electrons. The van der Waals surface area contributed by atoms with Crippen molar-refractivity contribution in [3.05, 3.63) is 23.9 Å². The number of anilines is 1. The number of nitrogens with one attached hydrogen (secondary N) is 1. The Morgan fingerprint density at radius 2 is 2.22 bits per heavy atom. The van der Waals surface area contributed by atoms with E-state index in [2.05, 4.69) is 10.3 Å². The summed E-state index contributed by atoms with van der Waals surface area (Å²) in [6, 6.07) is 3.86. The first-order valence-corrected chi connectivity index (χ1v) is 5.86. The van der Waals surface area contributed by atoms with Crippen molar-refractivity contribution in [2.24, 2.45) is 5.92 Å². The van der Waals surface area contributed by atoms with Crippen molar-refractivity contribution >= 4 is 5.82 Å². The minimum atomic E-state index is -4.40. The van der Waals surface area contributed by atoms with Gasteiger partial charge >= 0.3 is 6.18 Å². The van der Waals surface area contributed by atoms with Crippen molar-refractivity contribution in [2.75, 3.05) is 18.5 Å². The van der Waals surface area contributed by atoms with Gasteiger partial charge in [-0.3, -0.25) is 0 Å². The van der Waals surface area contributed by atoms with Crippen LogP contribution in [0.1, 0.15) is 19.0 Å². The van der Waals surface area contributed by atoms with Gasteiger partial charge in [-0.05, 0) is 25.5 Å². The van der Waals surface area contributed by atoms with Crippen LogP contribution in [-0.2, 0) is 10.9 Å². The lowest BCUT2D eigenvalue weighted by atomic mass is 10.0. The highest BCUT2D eigenvalue weighted by molar-refractivity contribution is 5.36. The maximum Gasteiger partial charge on any atom is 0.433 e. The normalized spacial score (nSPS) is 24.2. The molecule has 0 amide bonds. The molecule has 0 spiro atoms. The van der Waals surface area contributed by atoms with Crippen molar-refractivity contribution in [3.63, 3.8) is 0 Å². The van der Waals surface area contributed by atoms with Crippen molar-refractivity contribution in [1.29, 1.82) is 0 Å². The molecule has 1 aromatic rings. The van der Waals surface area contributed by atoms with Crippen LogP contribution >= 0.6 is 0 Å². The van der Waals surface area contributed by atoms with Crippen LogP contribution < -0.4 is 5.32 Å². The number of ether oxygens (including phenoxy) is 1. The zero-order valence-corrected chi connectivity index (χ0v) is 10.00. The molecule has 2 atom stereocenters. The van der Waals surface area contributed by atoms with Crippen LogP contribution in [0.3, 0.4) is 0 Å². The number of hydrogen-bond acceptors (Lipinski definition) is 3. The fourth-order valence-corrected chi connectivity index (χ4v) is 1.97. The van der Waals surface area contributed by atoms with Gasteiger partial charge in [-0.15, -0.1) is 0 Å². The van der Waals surface area contributed by atoms with Gasteiger partial charge in [0.1, 0.15) is 11.5 Å². The zero-order chi connectivity index (χ0) is 13.2. The summed E-state index contributed by atoms with van der Waals surface area (Å²) in [5, 5.41) is 2.94. The summed E-state index contributed by atoms with van der Waals surface area (Å²) < 4.78 is 42.8. The minimum Gasteiger partial charge on any atom is -0.378 e. The van der Waals surface area contributed by atoms with Crippen LogP contribution in [0.5, 0.6) is 0 Å². The number of hydrogen-bond donors (Lipinski definition) is 1. The van der Waals surface area contributed by atoms with Crippen LogP contribution in [0.25, 0.3) is 0 Å². The Morgan fingerprint density at radius 1 is 1.44 bits per heavy atom. The molecule has 100 valence electrons. The van der Waals surface area contributed by atoms with E-state index in [1.165, 1.54) is 12.1 Å². The maximum atomic E-state index is 12.5. The molecule has 0 saturated carbocycles. The van der Waals surface area contributed by atoms with Gasteiger partial charge in [-0.25, -0.2) is 4.98 Å². The van der Waals surface area contributed by atoms with Gasteiger partial charge < -0.3 is 10.1 Å². The van der Waals surface area contributed by atoms with E-state index in [1.54, 1.807) is 0 Å². The Morgan fingerprint density at radius 3 is 2.83 bits per heavy atom. The minimum absolute atomic E-state index is 0.142. The first-order chi connectivity index (χ1) is 8.47. The molecule has 0 aliphatic carbocycles. The lowest BCUT2D eigenvalue weighted by Crippen LogP contribution is -2.21. The Balaban J connectivity index is 1.97. The fourth-order valence-electron chi connectivity index (χ4n) is 1.97. The summed E-state index contributed by atoms with van der Waals surface area (Å²) in [5.74, 6) is 0.574. The molecule has 1 aliphatic rings. The molecule has 1 aliphatic heterocycles. The molecule has 3 nitrogen and oxygen atoms in total. The predicted octanol–water partition coefficient (Wildman–Crippen LogP) is 2.94. The van der Waals surface area contributed by atoms with Crippen LogP contribution in [0, 0.1) is 5.92 Å². The molecule has 0 bridgehead atoms. The summed E-state index contributed by atoms with van der Waals surface area (Å²) in [6.45, 7) is 3.26. The molecule has 1 fully saturated rings. The molecule has 18 heavy (non-hydrogen) atoms. The Kier molecular flexibility index (Phi) is 3.75. The second-order valence-corrected chi connectivity index (χ2v) is 4.41. The molecule has 2 unspecified atom stereocenters.